The lowest BCUT2D eigenvalue weighted by Gasteiger charge is -2.36. The maximum absolute atomic E-state index is 12.5. The topological polar surface area (TPSA) is 71.1 Å². The molecule has 5 rings (SSSR count). The lowest BCUT2D eigenvalue weighted by Crippen LogP contribution is -2.48. The van der Waals surface area contributed by atoms with E-state index < -0.39 is 0 Å². The predicted octanol–water partition coefficient (Wildman–Crippen LogP) is 2.23. The van der Waals surface area contributed by atoms with Gasteiger partial charge in [0.05, 0.1) is 19.6 Å². The van der Waals surface area contributed by atoms with Crippen molar-refractivity contribution in [3.05, 3.63) is 47.5 Å². The highest BCUT2D eigenvalue weighted by Crippen LogP contribution is 2.30. The summed E-state index contributed by atoms with van der Waals surface area (Å²) >= 11 is 0. The molecule has 0 spiro atoms. The summed E-state index contributed by atoms with van der Waals surface area (Å²) in [6.45, 7) is 4.61. The number of aryl methyl sites for hydroxylation is 1. The number of anilines is 2. The van der Waals surface area contributed by atoms with Gasteiger partial charge in [-0.2, -0.15) is 0 Å². The van der Waals surface area contributed by atoms with Crippen molar-refractivity contribution < 1.29 is 19.1 Å². The fraction of sp³-hybridized carbons (Fsp3) is 0.391. The molecule has 7 nitrogen and oxygen atoms in total. The van der Waals surface area contributed by atoms with Gasteiger partial charge in [-0.25, -0.2) is 0 Å². The number of carbonyl (C=O) groups excluding carboxylic acids is 2. The molecule has 3 heterocycles. The molecule has 1 fully saturated rings. The van der Waals surface area contributed by atoms with Crippen LogP contribution in [0.5, 0.6) is 11.5 Å². The molecule has 3 aliphatic rings. The van der Waals surface area contributed by atoms with Gasteiger partial charge in [0.1, 0.15) is 11.5 Å². The molecule has 1 saturated heterocycles. The number of esters is 1. The number of carbonyl (C=O) groups is 2. The molecule has 7 heteroatoms. The van der Waals surface area contributed by atoms with E-state index in [2.05, 4.69) is 33.3 Å². The fourth-order valence-corrected chi connectivity index (χ4v) is 4.30. The van der Waals surface area contributed by atoms with Crippen LogP contribution in [0.15, 0.2) is 36.4 Å². The molecule has 1 amide bonds. The van der Waals surface area contributed by atoms with Gasteiger partial charge in [0, 0.05) is 49.2 Å². The largest absolute Gasteiger partial charge is 0.493 e. The van der Waals surface area contributed by atoms with Crippen LogP contribution in [0.3, 0.4) is 0 Å². The third-order valence-corrected chi connectivity index (χ3v) is 5.91. The molecule has 0 radical (unpaired) electrons. The molecule has 1 N–H and O–H groups in total. The second kappa shape index (κ2) is 7.99. The quantitative estimate of drug-likeness (QED) is 0.619. The maximum Gasteiger partial charge on any atom is 0.315 e. The zero-order valence-corrected chi connectivity index (χ0v) is 16.9. The minimum atomic E-state index is -0.252. The van der Waals surface area contributed by atoms with Gasteiger partial charge in [0.25, 0.3) is 0 Å². The minimum absolute atomic E-state index is 0.0568. The Morgan fingerprint density at radius 2 is 1.87 bits per heavy atom. The normalized spacial score (nSPS) is 18.3. The summed E-state index contributed by atoms with van der Waals surface area (Å²) in [5, 5.41) is 2.91. The van der Waals surface area contributed by atoms with Crippen LogP contribution in [0.1, 0.15) is 17.5 Å². The average Bonchev–Trinajstić information content (AvgIpc) is 3.13. The molecule has 0 saturated carbocycles. The first-order valence-electron chi connectivity index (χ1n) is 10.5. The van der Waals surface area contributed by atoms with E-state index in [1.54, 1.807) is 6.07 Å². The number of ether oxygens (including phenoxy) is 2. The van der Waals surface area contributed by atoms with Crippen molar-refractivity contribution in [2.24, 2.45) is 0 Å². The second-order valence-corrected chi connectivity index (χ2v) is 8.03. The number of fused-ring (bicyclic) bond motifs is 2. The van der Waals surface area contributed by atoms with Crippen molar-refractivity contribution in [1.29, 1.82) is 0 Å². The van der Waals surface area contributed by atoms with Gasteiger partial charge < -0.3 is 19.7 Å². The number of rotatable bonds is 4. The van der Waals surface area contributed by atoms with Crippen LogP contribution in [0, 0.1) is 0 Å². The van der Waals surface area contributed by atoms with Gasteiger partial charge >= 0.3 is 5.97 Å². The number of nitrogens with zero attached hydrogens (tertiary/aromatic N) is 2. The second-order valence-electron chi connectivity index (χ2n) is 8.03. The highest BCUT2D eigenvalue weighted by Gasteiger charge is 2.22. The molecule has 2 aromatic carbocycles. The molecule has 0 aliphatic carbocycles. The van der Waals surface area contributed by atoms with Crippen molar-refractivity contribution in [2.45, 2.75) is 19.3 Å². The average molecular weight is 407 g/mol. The highest BCUT2D eigenvalue weighted by atomic mass is 16.5. The van der Waals surface area contributed by atoms with Crippen LogP contribution < -0.4 is 19.7 Å². The zero-order valence-electron chi connectivity index (χ0n) is 16.9. The predicted molar refractivity (Wildman–Crippen MR) is 113 cm³/mol. The van der Waals surface area contributed by atoms with Gasteiger partial charge in [0.2, 0.25) is 5.91 Å². The third kappa shape index (κ3) is 3.98. The highest BCUT2D eigenvalue weighted by molar-refractivity contribution is 5.93. The summed E-state index contributed by atoms with van der Waals surface area (Å²) in [5.41, 5.74) is 4.04. The lowest BCUT2D eigenvalue weighted by molar-refractivity contribution is -0.131. The van der Waals surface area contributed by atoms with E-state index in [9.17, 15) is 9.59 Å². The van der Waals surface area contributed by atoms with Crippen LogP contribution in [-0.2, 0) is 22.4 Å². The maximum atomic E-state index is 12.5. The first-order chi connectivity index (χ1) is 14.6. The van der Waals surface area contributed by atoms with Crippen LogP contribution in [-0.4, -0.2) is 56.1 Å². The first-order valence-corrected chi connectivity index (χ1v) is 10.5. The summed E-state index contributed by atoms with van der Waals surface area (Å²) in [5.74, 6) is 1.25. The number of benzene rings is 2. The summed E-state index contributed by atoms with van der Waals surface area (Å²) < 4.78 is 10.9. The molecular weight excluding hydrogens is 382 g/mol. The molecule has 0 bridgehead atoms. The Morgan fingerprint density at radius 3 is 2.73 bits per heavy atom. The number of hydrogen-bond acceptors (Lipinski definition) is 6. The molecule has 156 valence electrons. The molecule has 30 heavy (non-hydrogen) atoms. The van der Waals surface area contributed by atoms with Crippen molar-refractivity contribution in [3.8, 4) is 11.5 Å². The van der Waals surface area contributed by atoms with Crippen molar-refractivity contribution in [1.82, 2.24) is 4.90 Å². The SMILES string of the molecule is O=C(CN1CCN(c2ccc3c(c2)CCCO3)CC1)Nc1ccc2c(c1)OC(=O)C2. The number of hydrogen-bond donors (Lipinski definition) is 1. The Bertz CT molecular complexity index is 982. The van der Waals surface area contributed by atoms with E-state index in [1.807, 2.05) is 12.1 Å². The molecular formula is C23H25N3O4. The Hall–Kier alpha value is -3.06. The van der Waals surface area contributed by atoms with Crippen LogP contribution in [0.2, 0.25) is 0 Å². The van der Waals surface area contributed by atoms with Crippen LogP contribution >= 0.6 is 0 Å². The van der Waals surface area contributed by atoms with E-state index in [1.165, 1.54) is 11.3 Å². The number of amides is 1. The van der Waals surface area contributed by atoms with E-state index in [0.717, 1.165) is 56.9 Å². The van der Waals surface area contributed by atoms with Gasteiger partial charge in [-0.1, -0.05) is 6.07 Å². The third-order valence-electron chi connectivity index (χ3n) is 5.91. The molecule has 0 aromatic heterocycles. The molecule has 0 unspecified atom stereocenters. The van der Waals surface area contributed by atoms with Crippen LogP contribution in [0.25, 0.3) is 0 Å². The molecule has 0 atom stereocenters. The Balaban J connectivity index is 1.13. The van der Waals surface area contributed by atoms with Crippen molar-refractivity contribution in [2.75, 3.05) is 49.5 Å². The van der Waals surface area contributed by atoms with Crippen molar-refractivity contribution >= 4 is 23.3 Å². The summed E-state index contributed by atoms with van der Waals surface area (Å²) in [6, 6.07) is 11.8. The van der Waals surface area contributed by atoms with E-state index >= 15 is 0 Å². The summed E-state index contributed by atoms with van der Waals surface area (Å²) in [7, 11) is 0. The Kier molecular flexibility index (Phi) is 5.04. The Morgan fingerprint density at radius 1 is 1.00 bits per heavy atom. The smallest absolute Gasteiger partial charge is 0.315 e. The molecule has 2 aromatic rings. The summed E-state index contributed by atoms with van der Waals surface area (Å²) in [6.07, 6.45) is 2.45. The minimum Gasteiger partial charge on any atom is -0.493 e. The van der Waals surface area contributed by atoms with Gasteiger partial charge in [-0.05, 0) is 42.7 Å². The Labute approximate surface area is 175 Å². The fourth-order valence-electron chi connectivity index (χ4n) is 4.30. The van der Waals surface area contributed by atoms with E-state index in [-0.39, 0.29) is 11.9 Å². The standard InChI is InChI=1S/C23H25N3O4/c27-22(24-18-4-3-17-13-23(28)30-21(17)14-18)15-25-7-9-26(10-8-25)19-5-6-20-16(12-19)2-1-11-29-20/h3-6,12,14H,1-2,7-11,13,15H2,(H,24,27). The number of piperazine rings is 1. The number of nitrogens with one attached hydrogen (secondary N) is 1. The first kappa shape index (κ1) is 18.9. The molecule has 3 aliphatic heterocycles. The van der Waals surface area contributed by atoms with Gasteiger partial charge in [0.15, 0.2) is 0 Å². The van der Waals surface area contributed by atoms with Gasteiger partial charge in [-0.3, -0.25) is 14.5 Å². The van der Waals surface area contributed by atoms with E-state index in [0.29, 0.717) is 24.4 Å². The van der Waals surface area contributed by atoms with E-state index in [4.69, 9.17) is 9.47 Å². The summed E-state index contributed by atoms with van der Waals surface area (Å²) in [4.78, 5) is 28.4. The van der Waals surface area contributed by atoms with Gasteiger partial charge in [-0.15, -0.1) is 0 Å². The lowest BCUT2D eigenvalue weighted by atomic mass is 10.0. The monoisotopic (exact) mass is 407 g/mol. The van der Waals surface area contributed by atoms with Crippen molar-refractivity contribution in [3.63, 3.8) is 0 Å². The zero-order chi connectivity index (χ0) is 20.5. The van der Waals surface area contributed by atoms with Crippen LogP contribution in [0.4, 0.5) is 11.4 Å².